The fourth-order valence-electron chi connectivity index (χ4n) is 2.23. The second kappa shape index (κ2) is 5.59. The van der Waals surface area contributed by atoms with Gasteiger partial charge in [0, 0.05) is 13.1 Å². The standard InChI is InChI=1S/C13H19ClN2OS/c1-9-6-18-11(10(9)14)12(17)16-8-13(2)4-3-5-15-7-13/h6,15H,3-5,7-8H2,1-2H3,(H,16,17). The van der Waals surface area contributed by atoms with Crippen LogP contribution in [0.15, 0.2) is 5.38 Å². The van der Waals surface area contributed by atoms with Crippen LogP contribution < -0.4 is 10.6 Å². The van der Waals surface area contributed by atoms with Gasteiger partial charge in [0.15, 0.2) is 0 Å². The fourth-order valence-corrected chi connectivity index (χ4v) is 3.42. The van der Waals surface area contributed by atoms with E-state index >= 15 is 0 Å². The van der Waals surface area contributed by atoms with E-state index in [4.69, 9.17) is 11.6 Å². The Morgan fingerprint density at radius 2 is 2.44 bits per heavy atom. The lowest BCUT2D eigenvalue weighted by atomic mass is 9.83. The summed E-state index contributed by atoms with van der Waals surface area (Å²) in [6.07, 6.45) is 2.32. The van der Waals surface area contributed by atoms with Crippen molar-refractivity contribution in [3.63, 3.8) is 0 Å². The van der Waals surface area contributed by atoms with Gasteiger partial charge in [0.2, 0.25) is 0 Å². The number of carbonyl (C=O) groups is 1. The molecule has 1 aliphatic rings. The number of piperidine rings is 1. The molecule has 1 saturated heterocycles. The zero-order valence-corrected chi connectivity index (χ0v) is 12.4. The maximum absolute atomic E-state index is 12.1. The molecule has 2 rings (SSSR count). The van der Waals surface area contributed by atoms with Crippen molar-refractivity contribution in [3.8, 4) is 0 Å². The third kappa shape index (κ3) is 3.05. The summed E-state index contributed by atoms with van der Waals surface area (Å²) in [6.45, 7) is 6.87. The Bertz CT molecular complexity index is 438. The smallest absolute Gasteiger partial charge is 0.262 e. The summed E-state index contributed by atoms with van der Waals surface area (Å²) >= 11 is 7.51. The van der Waals surface area contributed by atoms with E-state index in [0.717, 1.165) is 25.1 Å². The minimum absolute atomic E-state index is 0.0510. The van der Waals surface area contributed by atoms with Gasteiger partial charge in [0.05, 0.1) is 5.02 Å². The van der Waals surface area contributed by atoms with Crippen LogP contribution in [0.25, 0.3) is 0 Å². The van der Waals surface area contributed by atoms with Gasteiger partial charge in [-0.25, -0.2) is 0 Å². The van der Waals surface area contributed by atoms with Gasteiger partial charge in [-0.15, -0.1) is 11.3 Å². The van der Waals surface area contributed by atoms with Crippen LogP contribution in [-0.4, -0.2) is 25.5 Å². The number of amides is 1. The van der Waals surface area contributed by atoms with E-state index in [0.29, 0.717) is 16.4 Å². The Balaban J connectivity index is 1.94. The predicted molar refractivity (Wildman–Crippen MR) is 76.6 cm³/mol. The zero-order valence-electron chi connectivity index (χ0n) is 10.8. The number of aryl methyl sites for hydroxylation is 1. The number of rotatable bonds is 3. The Morgan fingerprint density at radius 1 is 1.67 bits per heavy atom. The number of carbonyl (C=O) groups excluding carboxylic acids is 1. The molecular weight excluding hydrogens is 268 g/mol. The molecule has 2 N–H and O–H groups in total. The highest BCUT2D eigenvalue weighted by atomic mass is 35.5. The average Bonchev–Trinajstić information content (AvgIpc) is 2.68. The first-order chi connectivity index (χ1) is 8.52. The molecule has 1 unspecified atom stereocenters. The summed E-state index contributed by atoms with van der Waals surface area (Å²) in [4.78, 5) is 12.7. The van der Waals surface area contributed by atoms with Gasteiger partial charge < -0.3 is 10.6 Å². The van der Waals surface area contributed by atoms with E-state index in [9.17, 15) is 4.79 Å². The SMILES string of the molecule is Cc1csc(C(=O)NCC2(C)CCCNC2)c1Cl. The average molecular weight is 287 g/mol. The number of thiophene rings is 1. The molecule has 0 spiro atoms. The number of hydrogen-bond donors (Lipinski definition) is 2. The molecule has 5 heteroatoms. The third-order valence-corrected chi connectivity index (χ3v) is 5.16. The molecule has 3 nitrogen and oxygen atoms in total. The highest BCUT2D eigenvalue weighted by molar-refractivity contribution is 7.13. The topological polar surface area (TPSA) is 41.1 Å². The van der Waals surface area contributed by atoms with Crippen LogP contribution in [0.4, 0.5) is 0 Å². The third-order valence-electron chi connectivity index (χ3n) is 3.47. The van der Waals surface area contributed by atoms with E-state index in [-0.39, 0.29) is 11.3 Å². The molecule has 0 radical (unpaired) electrons. The molecule has 1 aromatic heterocycles. The highest BCUT2D eigenvalue weighted by Crippen LogP contribution is 2.28. The van der Waals surface area contributed by atoms with Gasteiger partial charge in [-0.1, -0.05) is 18.5 Å². The second-order valence-corrected chi connectivity index (χ2v) is 6.59. The Kier molecular flexibility index (Phi) is 4.30. The molecule has 0 bridgehead atoms. The van der Waals surface area contributed by atoms with Crippen molar-refractivity contribution >= 4 is 28.8 Å². The number of nitrogens with one attached hydrogen (secondary N) is 2. The normalized spacial score (nSPS) is 23.9. The maximum atomic E-state index is 12.1. The van der Waals surface area contributed by atoms with Crippen LogP contribution in [0.1, 0.15) is 35.0 Å². The summed E-state index contributed by atoms with van der Waals surface area (Å²) in [6, 6.07) is 0. The van der Waals surface area contributed by atoms with Crippen LogP contribution in [-0.2, 0) is 0 Å². The van der Waals surface area contributed by atoms with Crippen molar-refractivity contribution in [1.82, 2.24) is 10.6 Å². The maximum Gasteiger partial charge on any atom is 0.262 e. The largest absolute Gasteiger partial charge is 0.351 e. The first kappa shape index (κ1) is 13.8. The van der Waals surface area contributed by atoms with E-state index in [1.165, 1.54) is 17.8 Å². The lowest BCUT2D eigenvalue weighted by Gasteiger charge is -2.34. The molecular formula is C13H19ClN2OS. The minimum atomic E-state index is -0.0510. The van der Waals surface area contributed by atoms with E-state index in [2.05, 4.69) is 17.6 Å². The quantitative estimate of drug-likeness (QED) is 0.897. The predicted octanol–water partition coefficient (Wildman–Crippen LogP) is 2.83. The van der Waals surface area contributed by atoms with Crippen LogP contribution in [0.5, 0.6) is 0 Å². The van der Waals surface area contributed by atoms with Crippen molar-refractivity contribution in [3.05, 3.63) is 20.8 Å². The molecule has 0 aromatic carbocycles. The lowest BCUT2D eigenvalue weighted by Crippen LogP contribution is -2.45. The van der Waals surface area contributed by atoms with Gasteiger partial charge in [-0.3, -0.25) is 4.79 Å². The van der Waals surface area contributed by atoms with E-state index < -0.39 is 0 Å². The van der Waals surface area contributed by atoms with E-state index in [1.54, 1.807) is 0 Å². The first-order valence-electron chi connectivity index (χ1n) is 6.24. The molecule has 100 valence electrons. The molecule has 1 aromatic rings. The molecule has 1 atom stereocenters. The first-order valence-corrected chi connectivity index (χ1v) is 7.50. The van der Waals surface area contributed by atoms with Crippen molar-refractivity contribution in [1.29, 1.82) is 0 Å². The summed E-state index contributed by atoms with van der Waals surface area (Å²) < 4.78 is 0. The highest BCUT2D eigenvalue weighted by Gasteiger charge is 2.27. The number of halogens is 1. The van der Waals surface area contributed by atoms with E-state index in [1.807, 2.05) is 12.3 Å². The summed E-state index contributed by atoms with van der Waals surface area (Å²) in [5.41, 5.74) is 1.13. The van der Waals surface area contributed by atoms with Crippen LogP contribution in [0.3, 0.4) is 0 Å². The van der Waals surface area contributed by atoms with Crippen molar-refractivity contribution in [2.75, 3.05) is 19.6 Å². The summed E-state index contributed by atoms with van der Waals surface area (Å²) in [5.74, 6) is -0.0510. The minimum Gasteiger partial charge on any atom is -0.351 e. The molecule has 1 aliphatic heterocycles. The molecule has 2 heterocycles. The molecule has 1 amide bonds. The number of hydrogen-bond acceptors (Lipinski definition) is 3. The van der Waals surface area contributed by atoms with Gasteiger partial charge in [-0.2, -0.15) is 0 Å². The Labute approximate surface area is 117 Å². The Hall–Kier alpha value is -0.580. The van der Waals surface area contributed by atoms with Crippen LogP contribution in [0, 0.1) is 12.3 Å². The molecule has 0 aliphatic carbocycles. The van der Waals surface area contributed by atoms with Gasteiger partial charge in [0.25, 0.3) is 5.91 Å². The van der Waals surface area contributed by atoms with Crippen molar-refractivity contribution in [2.45, 2.75) is 26.7 Å². The summed E-state index contributed by atoms with van der Waals surface area (Å²) in [7, 11) is 0. The second-order valence-electron chi connectivity index (χ2n) is 5.34. The zero-order chi connectivity index (χ0) is 13.2. The fraction of sp³-hybridized carbons (Fsp3) is 0.615. The molecule has 1 fully saturated rings. The lowest BCUT2D eigenvalue weighted by molar-refractivity contribution is 0.0929. The Morgan fingerprint density at radius 3 is 3.00 bits per heavy atom. The van der Waals surface area contributed by atoms with Gasteiger partial charge in [0.1, 0.15) is 4.88 Å². The van der Waals surface area contributed by atoms with Crippen LogP contribution >= 0.6 is 22.9 Å². The van der Waals surface area contributed by atoms with Crippen molar-refractivity contribution in [2.24, 2.45) is 5.41 Å². The molecule has 0 saturated carbocycles. The van der Waals surface area contributed by atoms with Gasteiger partial charge >= 0.3 is 0 Å². The van der Waals surface area contributed by atoms with Crippen LogP contribution in [0.2, 0.25) is 5.02 Å². The summed E-state index contributed by atoms with van der Waals surface area (Å²) in [5, 5.41) is 8.90. The molecule has 18 heavy (non-hydrogen) atoms. The van der Waals surface area contributed by atoms with Crippen molar-refractivity contribution < 1.29 is 4.79 Å². The monoisotopic (exact) mass is 286 g/mol. The van der Waals surface area contributed by atoms with Gasteiger partial charge in [-0.05, 0) is 42.7 Å².